The van der Waals surface area contributed by atoms with Crippen molar-refractivity contribution in [1.29, 1.82) is 0 Å². The number of nitrogens with zero attached hydrogens (tertiary/aromatic N) is 2. The van der Waals surface area contributed by atoms with Crippen LogP contribution < -0.4 is 4.72 Å². The lowest BCUT2D eigenvalue weighted by Crippen LogP contribution is -2.66. The third-order valence-corrected chi connectivity index (χ3v) is 8.87. The van der Waals surface area contributed by atoms with Crippen LogP contribution in [0, 0.1) is 5.92 Å². The minimum absolute atomic E-state index is 0.0164. The third kappa shape index (κ3) is 8.51. The number of aliphatic hydroxyl groups is 1. The fraction of sp³-hybridized carbons (Fsp3) is 0.731. The number of hydrogen-bond acceptors (Lipinski definition) is 8. The van der Waals surface area contributed by atoms with Gasteiger partial charge >= 0.3 is 6.09 Å². The number of nitrogens with one attached hydrogen (secondary N) is 1. The van der Waals surface area contributed by atoms with Gasteiger partial charge in [0, 0.05) is 36.1 Å². The first-order valence-electron chi connectivity index (χ1n) is 12.8. The Morgan fingerprint density at radius 1 is 1.18 bits per heavy atom. The lowest BCUT2D eigenvalue weighted by Gasteiger charge is -2.46. The van der Waals surface area contributed by atoms with Gasteiger partial charge in [-0.15, -0.1) is 4.72 Å². The second kappa shape index (κ2) is 12.3. The van der Waals surface area contributed by atoms with Crippen LogP contribution in [0.2, 0.25) is 10.0 Å². The summed E-state index contributed by atoms with van der Waals surface area (Å²) >= 11 is 11.0. The van der Waals surface area contributed by atoms with Crippen LogP contribution in [0.3, 0.4) is 0 Å². The molecule has 216 valence electrons. The fourth-order valence-electron chi connectivity index (χ4n) is 4.50. The van der Waals surface area contributed by atoms with Gasteiger partial charge in [-0.1, -0.05) is 23.2 Å². The van der Waals surface area contributed by atoms with E-state index in [0.717, 1.165) is 25.9 Å². The number of piperidine rings is 1. The zero-order valence-corrected chi connectivity index (χ0v) is 25.4. The van der Waals surface area contributed by atoms with E-state index in [4.69, 9.17) is 32.7 Å². The molecule has 1 aromatic rings. The van der Waals surface area contributed by atoms with E-state index in [-0.39, 0.29) is 42.4 Å². The SMILES string of the molecule is CC(C)(C)OC(=O)N1CC(O)(COCN2CCC([C@@H](N[S@@+]([O-])C(C)(C)C)c3cc(Cl)c(Cl)cc3O)CC2)C1. The van der Waals surface area contributed by atoms with Crippen LogP contribution in [-0.2, 0) is 20.8 Å². The Hall–Kier alpha value is -0.980. The molecule has 2 atom stereocenters. The summed E-state index contributed by atoms with van der Waals surface area (Å²) in [6.07, 6.45) is 1.12. The van der Waals surface area contributed by atoms with Gasteiger partial charge in [-0.25, -0.2) is 4.79 Å². The average molecular weight is 595 g/mol. The molecule has 2 saturated heterocycles. The van der Waals surface area contributed by atoms with E-state index >= 15 is 0 Å². The number of benzene rings is 1. The zero-order valence-electron chi connectivity index (χ0n) is 23.1. The van der Waals surface area contributed by atoms with E-state index < -0.39 is 33.4 Å². The largest absolute Gasteiger partial charge is 0.598 e. The molecule has 0 bridgehead atoms. The maximum absolute atomic E-state index is 13.0. The molecule has 2 aliphatic heterocycles. The van der Waals surface area contributed by atoms with E-state index in [1.807, 2.05) is 20.8 Å². The number of hydrogen-bond donors (Lipinski definition) is 3. The lowest BCUT2D eigenvalue weighted by atomic mass is 9.85. The topological polar surface area (TPSA) is 118 Å². The summed E-state index contributed by atoms with van der Waals surface area (Å²) in [4.78, 5) is 15.7. The van der Waals surface area contributed by atoms with Gasteiger partial charge in [0.1, 0.15) is 21.7 Å². The smallest absolute Gasteiger partial charge is 0.410 e. The van der Waals surface area contributed by atoms with Crippen LogP contribution in [0.15, 0.2) is 12.1 Å². The van der Waals surface area contributed by atoms with Crippen molar-refractivity contribution < 1.29 is 29.0 Å². The van der Waals surface area contributed by atoms with Crippen LogP contribution in [-0.4, -0.2) is 86.1 Å². The van der Waals surface area contributed by atoms with Gasteiger partial charge in [-0.2, -0.15) is 0 Å². The minimum Gasteiger partial charge on any atom is -0.598 e. The highest BCUT2D eigenvalue weighted by Gasteiger charge is 2.45. The highest BCUT2D eigenvalue weighted by molar-refractivity contribution is 7.90. The number of phenols is 1. The van der Waals surface area contributed by atoms with Gasteiger partial charge in [0.2, 0.25) is 0 Å². The van der Waals surface area contributed by atoms with Crippen LogP contribution >= 0.6 is 23.2 Å². The number of halogens is 2. The van der Waals surface area contributed by atoms with Gasteiger partial charge < -0.3 is 29.1 Å². The Kier molecular flexibility index (Phi) is 10.2. The summed E-state index contributed by atoms with van der Waals surface area (Å²) in [6.45, 7) is 13.4. The fourth-order valence-corrected chi connectivity index (χ4v) is 5.73. The second-order valence-corrected chi connectivity index (χ2v) is 15.1. The van der Waals surface area contributed by atoms with E-state index in [9.17, 15) is 19.6 Å². The van der Waals surface area contributed by atoms with E-state index in [0.29, 0.717) is 17.3 Å². The van der Waals surface area contributed by atoms with Gasteiger partial charge in [-0.05, 0) is 66.4 Å². The molecular formula is C26H41Cl2N3O6S. The third-order valence-electron chi connectivity index (χ3n) is 6.57. The van der Waals surface area contributed by atoms with Crippen molar-refractivity contribution in [3.05, 3.63) is 27.7 Å². The lowest BCUT2D eigenvalue weighted by molar-refractivity contribution is -0.147. The number of ether oxygens (including phenoxy) is 2. The molecule has 3 rings (SSSR count). The summed E-state index contributed by atoms with van der Waals surface area (Å²) in [5, 5.41) is 21.9. The Balaban J connectivity index is 1.52. The standard InChI is InChI=1S/C26H41Cl2N3O6S/c1-24(2,3)37-23(33)31-13-26(34,14-31)15-36-16-30-9-7-17(8-10-30)22(29-38(35)25(4,5)6)18-11-19(27)20(28)12-21(18)32/h11-12,17,22,29,32,34H,7-10,13-16H2,1-6H3/t22-,38+/m1/s1. The molecule has 0 aromatic heterocycles. The van der Waals surface area contributed by atoms with E-state index in [1.165, 1.54) is 11.0 Å². The summed E-state index contributed by atoms with van der Waals surface area (Å²) in [5.41, 5.74) is -1.08. The van der Waals surface area contributed by atoms with E-state index in [1.54, 1.807) is 26.8 Å². The highest BCUT2D eigenvalue weighted by Crippen LogP contribution is 2.40. The minimum atomic E-state index is -1.36. The van der Waals surface area contributed by atoms with Crippen molar-refractivity contribution >= 4 is 40.7 Å². The van der Waals surface area contributed by atoms with Gasteiger partial charge in [0.05, 0.1) is 42.5 Å². The molecule has 3 N–H and O–H groups in total. The van der Waals surface area contributed by atoms with Crippen LogP contribution in [0.5, 0.6) is 5.75 Å². The Morgan fingerprint density at radius 3 is 2.32 bits per heavy atom. The number of carbonyl (C=O) groups excluding carboxylic acids is 1. The molecule has 2 heterocycles. The Bertz CT molecular complexity index is 973. The molecule has 1 amide bonds. The summed E-state index contributed by atoms with van der Waals surface area (Å²) in [7, 11) is 0. The Morgan fingerprint density at radius 2 is 1.76 bits per heavy atom. The van der Waals surface area contributed by atoms with Crippen molar-refractivity contribution in [3.63, 3.8) is 0 Å². The number of carbonyl (C=O) groups is 1. The molecule has 38 heavy (non-hydrogen) atoms. The molecule has 2 fully saturated rings. The molecule has 2 aliphatic rings. The van der Waals surface area contributed by atoms with Gasteiger partial charge in [-0.3, -0.25) is 4.90 Å². The molecular weight excluding hydrogens is 553 g/mol. The molecule has 9 nitrogen and oxygen atoms in total. The highest BCUT2D eigenvalue weighted by atomic mass is 35.5. The predicted octanol–water partition coefficient (Wildman–Crippen LogP) is 4.46. The Labute approximate surface area is 239 Å². The molecule has 0 saturated carbocycles. The second-order valence-electron chi connectivity index (χ2n) is 12.3. The van der Waals surface area contributed by atoms with Crippen LogP contribution in [0.25, 0.3) is 0 Å². The number of phenolic OH excluding ortho intramolecular Hbond substituents is 1. The molecule has 0 radical (unpaired) electrons. The molecule has 12 heteroatoms. The van der Waals surface area contributed by atoms with Crippen molar-refractivity contribution in [2.75, 3.05) is 39.5 Å². The zero-order chi connectivity index (χ0) is 28.5. The maximum atomic E-state index is 13.0. The first-order chi connectivity index (χ1) is 17.5. The number of β-amino-alcohol motifs (C(OH)–C–C–N with tert-alkyl or cyclic N) is 1. The summed E-state index contributed by atoms with van der Waals surface area (Å²) < 4.78 is 26.9. The monoisotopic (exact) mass is 593 g/mol. The average Bonchev–Trinajstić information content (AvgIpc) is 2.77. The van der Waals surface area contributed by atoms with E-state index in [2.05, 4.69) is 9.62 Å². The van der Waals surface area contributed by atoms with Gasteiger partial charge in [0.15, 0.2) is 0 Å². The number of amides is 1. The van der Waals surface area contributed by atoms with Crippen molar-refractivity contribution in [3.8, 4) is 5.75 Å². The van der Waals surface area contributed by atoms with Crippen LogP contribution in [0.1, 0.15) is 66.0 Å². The normalized spacial score (nSPS) is 20.6. The predicted molar refractivity (Wildman–Crippen MR) is 150 cm³/mol. The summed E-state index contributed by atoms with van der Waals surface area (Å²) in [5.74, 6) is 0.113. The number of likely N-dealkylation sites (tertiary alicyclic amines) is 2. The quantitative estimate of drug-likeness (QED) is 0.378. The number of aromatic hydroxyl groups is 1. The van der Waals surface area contributed by atoms with Crippen LogP contribution in [0.4, 0.5) is 4.79 Å². The first-order valence-corrected chi connectivity index (χ1v) is 14.7. The first kappa shape index (κ1) is 31.5. The molecule has 1 aromatic carbocycles. The summed E-state index contributed by atoms with van der Waals surface area (Å²) in [6, 6.07) is 2.69. The molecule has 0 unspecified atom stereocenters. The van der Waals surface area contributed by atoms with Crippen molar-refractivity contribution in [2.24, 2.45) is 5.92 Å². The van der Waals surface area contributed by atoms with Crippen molar-refractivity contribution in [1.82, 2.24) is 14.5 Å². The molecule has 0 aliphatic carbocycles. The maximum Gasteiger partial charge on any atom is 0.410 e. The van der Waals surface area contributed by atoms with Crippen molar-refractivity contribution in [2.45, 2.75) is 76.4 Å². The molecule has 0 spiro atoms. The number of rotatable bonds is 8. The van der Waals surface area contributed by atoms with Gasteiger partial charge in [0.25, 0.3) is 0 Å².